The summed E-state index contributed by atoms with van der Waals surface area (Å²) in [5.41, 5.74) is 0.613. The van der Waals surface area contributed by atoms with Crippen molar-refractivity contribution in [3.63, 3.8) is 0 Å². The number of carbonyl (C=O) groups is 2. The lowest BCUT2D eigenvalue weighted by atomic mass is 9.94. The fourth-order valence-corrected chi connectivity index (χ4v) is 5.64. The maximum absolute atomic E-state index is 12.1. The molecule has 5 rings (SSSR count). The van der Waals surface area contributed by atoms with Gasteiger partial charge in [0.25, 0.3) is 5.88 Å². The molecule has 1 aromatic heterocycles. The number of aromatic nitrogens is 2. The van der Waals surface area contributed by atoms with Crippen molar-refractivity contribution in [3.05, 3.63) is 17.8 Å². The summed E-state index contributed by atoms with van der Waals surface area (Å²) in [7, 11) is 0. The number of nitrogens with zero attached hydrogens (tertiary/aromatic N) is 4. The topological polar surface area (TPSA) is 86.1 Å². The molecule has 1 aromatic rings. The summed E-state index contributed by atoms with van der Waals surface area (Å²) in [5.74, 6) is -0.585. The van der Waals surface area contributed by atoms with Crippen molar-refractivity contribution in [3.8, 4) is 11.6 Å². The van der Waals surface area contributed by atoms with Gasteiger partial charge in [-0.25, -0.2) is 9.59 Å². The summed E-state index contributed by atoms with van der Waals surface area (Å²) in [6, 6.07) is 0.816. The normalized spacial score (nSPS) is 25.5. The van der Waals surface area contributed by atoms with Gasteiger partial charge in [-0.3, -0.25) is 9.58 Å². The van der Waals surface area contributed by atoms with Crippen LogP contribution in [0.3, 0.4) is 0 Å². The van der Waals surface area contributed by atoms with Gasteiger partial charge in [0.05, 0.1) is 6.61 Å². The maximum Gasteiger partial charge on any atom is 0.336 e. The van der Waals surface area contributed by atoms with Gasteiger partial charge in [0.1, 0.15) is 11.8 Å². The quantitative estimate of drug-likeness (QED) is 0.442. The number of piperazine rings is 1. The van der Waals surface area contributed by atoms with E-state index in [-0.39, 0.29) is 5.75 Å². The molecule has 4 heterocycles. The van der Waals surface area contributed by atoms with Gasteiger partial charge in [0.15, 0.2) is 0 Å². The van der Waals surface area contributed by atoms with E-state index in [2.05, 4.69) is 14.9 Å². The molecule has 1 aliphatic carbocycles. The Morgan fingerprint density at radius 2 is 1.71 bits per heavy atom. The van der Waals surface area contributed by atoms with E-state index in [4.69, 9.17) is 14.2 Å². The van der Waals surface area contributed by atoms with Crippen LogP contribution in [0.15, 0.2) is 12.2 Å². The Hall–Kier alpha value is -2.39. The number of aryl methyl sites for hydroxylation is 1. The molecule has 34 heavy (non-hydrogen) atoms. The van der Waals surface area contributed by atoms with Gasteiger partial charge in [0.2, 0.25) is 5.75 Å². The van der Waals surface area contributed by atoms with Crippen molar-refractivity contribution >= 4 is 11.9 Å². The number of hydrogen-bond acceptors (Lipinski definition) is 8. The number of hydrogen-bond donors (Lipinski definition) is 0. The molecule has 186 valence electrons. The Labute approximate surface area is 201 Å². The summed E-state index contributed by atoms with van der Waals surface area (Å²) in [4.78, 5) is 29.3. The van der Waals surface area contributed by atoms with E-state index in [0.29, 0.717) is 31.1 Å². The van der Waals surface area contributed by atoms with Crippen molar-refractivity contribution in [2.45, 2.75) is 76.5 Å². The van der Waals surface area contributed by atoms with Gasteiger partial charge >= 0.3 is 11.9 Å². The molecule has 0 bridgehead atoms. The standard InChI is InChI=1S/C25H36N4O5/c30-21-10-11-22(31)34-24-23-20(33-21)9-6-13-29(23)26-25(24)32-18-5-4-12-27-14-16-28(17-15-27)19-7-2-1-3-8-19/h10-11,19-20H,1-9,12-18H2/b11-10-. The van der Waals surface area contributed by atoms with Gasteiger partial charge in [-0.15, -0.1) is 5.10 Å². The minimum Gasteiger partial charge on any atom is -0.474 e. The Balaban J connectivity index is 1.10. The highest BCUT2D eigenvalue weighted by atomic mass is 16.6. The molecule has 1 saturated carbocycles. The highest BCUT2D eigenvalue weighted by Crippen LogP contribution is 2.41. The second-order valence-electron chi connectivity index (χ2n) is 9.79. The molecular formula is C25H36N4O5. The molecule has 9 heteroatoms. The zero-order valence-corrected chi connectivity index (χ0v) is 20.0. The third-order valence-electron chi connectivity index (χ3n) is 7.48. The first-order valence-corrected chi connectivity index (χ1v) is 13.0. The van der Waals surface area contributed by atoms with Crippen LogP contribution < -0.4 is 9.47 Å². The van der Waals surface area contributed by atoms with Crippen molar-refractivity contribution in [2.75, 3.05) is 39.3 Å². The molecule has 1 atom stereocenters. The minimum atomic E-state index is -0.629. The Bertz CT molecular complexity index is 899. The van der Waals surface area contributed by atoms with Crippen LogP contribution in [-0.4, -0.2) is 76.9 Å². The Morgan fingerprint density at radius 1 is 0.912 bits per heavy atom. The van der Waals surface area contributed by atoms with Crippen LogP contribution in [0.1, 0.15) is 69.6 Å². The van der Waals surface area contributed by atoms with Crippen molar-refractivity contribution in [2.24, 2.45) is 0 Å². The molecule has 0 N–H and O–H groups in total. The molecule has 9 nitrogen and oxygen atoms in total. The first-order chi connectivity index (χ1) is 16.7. The molecule has 0 aromatic carbocycles. The smallest absolute Gasteiger partial charge is 0.336 e. The third kappa shape index (κ3) is 5.46. The molecular weight excluding hydrogens is 436 g/mol. The van der Waals surface area contributed by atoms with Crippen LogP contribution in [0.25, 0.3) is 0 Å². The van der Waals surface area contributed by atoms with Crippen LogP contribution in [0.4, 0.5) is 0 Å². The molecule has 1 unspecified atom stereocenters. The highest BCUT2D eigenvalue weighted by Gasteiger charge is 2.34. The lowest BCUT2D eigenvalue weighted by molar-refractivity contribution is -0.144. The van der Waals surface area contributed by atoms with Crippen LogP contribution >= 0.6 is 0 Å². The van der Waals surface area contributed by atoms with Gasteiger partial charge < -0.3 is 19.1 Å². The van der Waals surface area contributed by atoms with E-state index in [0.717, 1.165) is 57.1 Å². The average Bonchev–Trinajstić information content (AvgIpc) is 3.23. The first kappa shape index (κ1) is 23.4. The largest absolute Gasteiger partial charge is 0.474 e. The fourth-order valence-electron chi connectivity index (χ4n) is 5.64. The number of carbonyl (C=O) groups excluding carboxylic acids is 2. The molecule has 4 aliphatic rings. The van der Waals surface area contributed by atoms with Gasteiger partial charge in [-0.2, -0.15) is 0 Å². The van der Waals surface area contributed by atoms with E-state index >= 15 is 0 Å². The minimum absolute atomic E-state index is 0.285. The monoisotopic (exact) mass is 472 g/mol. The van der Waals surface area contributed by atoms with E-state index in [9.17, 15) is 9.59 Å². The summed E-state index contributed by atoms with van der Waals surface area (Å²) >= 11 is 0. The van der Waals surface area contributed by atoms with Crippen molar-refractivity contribution < 1.29 is 23.8 Å². The lowest BCUT2D eigenvalue weighted by Crippen LogP contribution is -2.50. The van der Waals surface area contributed by atoms with Gasteiger partial charge in [-0.1, -0.05) is 19.3 Å². The van der Waals surface area contributed by atoms with E-state index in [1.807, 2.05) is 0 Å². The SMILES string of the molecule is O=C1/C=C\C(=O)OC2CCCn3nc(OCCCCN4CCN(C5CCCCC5)CC4)c(c32)O1. The Kier molecular flexibility index (Phi) is 7.49. The highest BCUT2D eigenvalue weighted by molar-refractivity contribution is 5.93. The van der Waals surface area contributed by atoms with Crippen molar-refractivity contribution in [1.29, 1.82) is 0 Å². The second-order valence-corrected chi connectivity index (χ2v) is 9.79. The summed E-state index contributed by atoms with van der Waals surface area (Å²) in [5, 5.41) is 4.51. The number of rotatable bonds is 7. The van der Waals surface area contributed by atoms with Crippen LogP contribution in [0, 0.1) is 0 Å². The molecule has 0 spiro atoms. The summed E-state index contributed by atoms with van der Waals surface area (Å²) < 4.78 is 18.7. The first-order valence-electron chi connectivity index (χ1n) is 13.0. The molecule has 0 radical (unpaired) electrons. The van der Waals surface area contributed by atoms with Crippen LogP contribution in [0.5, 0.6) is 11.6 Å². The van der Waals surface area contributed by atoms with Crippen LogP contribution in [0.2, 0.25) is 0 Å². The lowest BCUT2D eigenvalue weighted by Gasteiger charge is -2.40. The molecule has 0 amide bonds. The third-order valence-corrected chi connectivity index (χ3v) is 7.48. The second kappa shape index (κ2) is 10.9. The Morgan fingerprint density at radius 3 is 2.53 bits per heavy atom. The zero-order chi connectivity index (χ0) is 23.3. The number of esters is 2. The van der Waals surface area contributed by atoms with E-state index < -0.39 is 18.0 Å². The molecule has 2 fully saturated rings. The molecule has 1 saturated heterocycles. The van der Waals surface area contributed by atoms with Gasteiger partial charge in [0, 0.05) is 50.9 Å². The van der Waals surface area contributed by atoms with E-state index in [1.165, 1.54) is 45.2 Å². The zero-order valence-electron chi connectivity index (χ0n) is 20.0. The van der Waals surface area contributed by atoms with Gasteiger partial charge in [-0.05, 0) is 45.1 Å². The fraction of sp³-hybridized carbons (Fsp3) is 0.720. The predicted octanol–water partition coefficient (Wildman–Crippen LogP) is 2.85. The van der Waals surface area contributed by atoms with E-state index in [1.54, 1.807) is 4.68 Å². The maximum atomic E-state index is 12.1. The number of ether oxygens (including phenoxy) is 3. The number of unbranched alkanes of at least 4 members (excludes halogenated alkanes) is 1. The summed E-state index contributed by atoms with van der Waals surface area (Å²) in [6.07, 6.45) is 12.1. The summed E-state index contributed by atoms with van der Waals surface area (Å²) in [6.45, 7) is 6.94. The van der Waals surface area contributed by atoms with Crippen molar-refractivity contribution in [1.82, 2.24) is 19.6 Å². The van der Waals surface area contributed by atoms with Crippen LogP contribution in [-0.2, 0) is 20.9 Å². The predicted molar refractivity (Wildman–Crippen MR) is 125 cm³/mol. The average molecular weight is 473 g/mol. The molecule has 3 aliphatic heterocycles.